The molecule has 0 saturated heterocycles. The molecule has 0 aliphatic carbocycles. The maximum Gasteiger partial charge on any atom is 0.157 e. The number of rotatable bonds is 12. The van der Waals surface area contributed by atoms with E-state index in [4.69, 9.17) is 14.6 Å². The zero-order chi connectivity index (χ0) is 22.1. The van der Waals surface area contributed by atoms with Gasteiger partial charge in [-0.3, -0.25) is 0 Å². The molecule has 0 atom stereocenters. The van der Waals surface area contributed by atoms with Crippen LogP contribution in [-0.4, -0.2) is 35.8 Å². The predicted molar refractivity (Wildman–Crippen MR) is 120 cm³/mol. The van der Waals surface area contributed by atoms with Crippen LogP contribution in [-0.2, 0) is 16.0 Å². The predicted octanol–water partition coefficient (Wildman–Crippen LogP) is 4.23. The van der Waals surface area contributed by atoms with E-state index in [1.54, 1.807) is 12.1 Å². The van der Waals surface area contributed by atoms with E-state index in [0.29, 0.717) is 13.2 Å². The Morgan fingerprint density at radius 3 is 2.32 bits per heavy atom. The van der Waals surface area contributed by atoms with E-state index in [2.05, 4.69) is 36.5 Å². The summed E-state index contributed by atoms with van der Waals surface area (Å²) in [6.07, 6.45) is 3.82. The third kappa shape index (κ3) is 6.72. The van der Waals surface area contributed by atoms with Gasteiger partial charge in [-0.25, -0.2) is 9.07 Å². The smallest absolute Gasteiger partial charge is 0.157 e. The topological polar surface area (TPSA) is 52.9 Å². The first kappa shape index (κ1) is 23.1. The third-order valence-electron chi connectivity index (χ3n) is 5.12. The summed E-state index contributed by atoms with van der Waals surface area (Å²) in [7, 11) is 0. The Kier molecular flexibility index (Phi) is 8.76. The van der Waals surface area contributed by atoms with Crippen molar-refractivity contribution in [3.8, 4) is 16.9 Å². The van der Waals surface area contributed by atoms with Crippen molar-refractivity contribution < 1.29 is 19.2 Å². The lowest BCUT2D eigenvalue weighted by Crippen LogP contribution is -2.82. The number of hydrogen-bond acceptors (Lipinski definition) is 3. The average Bonchev–Trinajstić information content (AvgIpc) is 3.19. The average molecular weight is 427 g/mol. The van der Waals surface area contributed by atoms with E-state index < -0.39 is 0 Å². The number of aryl methyl sites for hydroxylation is 1. The Morgan fingerprint density at radius 1 is 1.00 bits per heavy atom. The molecule has 0 fully saturated rings. The van der Waals surface area contributed by atoms with Crippen LogP contribution in [0.25, 0.3) is 16.9 Å². The largest absolute Gasteiger partial charge is 0.353 e. The highest BCUT2D eigenvalue weighted by molar-refractivity contribution is 5.63. The Balaban J connectivity index is 1.69. The summed E-state index contributed by atoms with van der Waals surface area (Å²) >= 11 is 0. The van der Waals surface area contributed by atoms with Crippen LogP contribution in [0.4, 0.5) is 4.39 Å². The van der Waals surface area contributed by atoms with E-state index in [1.165, 1.54) is 17.7 Å². The minimum absolute atomic E-state index is 0.118. The summed E-state index contributed by atoms with van der Waals surface area (Å²) in [6.45, 7) is 9.18. The van der Waals surface area contributed by atoms with Crippen LogP contribution in [0.3, 0.4) is 0 Å². The van der Waals surface area contributed by atoms with Gasteiger partial charge in [0.2, 0.25) is 0 Å². The summed E-state index contributed by atoms with van der Waals surface area (Å²) in [4.78, 5) is 0. The molecule has 2 N–H and O–H groups in total. The van der Waals surface area contributed by atoms with Crippen molar-refractivity contribution in [1.29, 1.82) is 0 Å². The summed E-state index contributed by atoms with van der Waals surface area (Å²) in [6, 6.07) is 14.8. The zero-order valence-electron chi connectivity index (χ0n) is 18.7. The maximum absolute atomic E-state index is 13.3. The van der Waals surface area contributed by atoms with Crippen LogP contribution in [0.5, 0.6) is 0 Å². The van der Waals surface area contributed by atoms with Gasteiger partial charge in [-0.05, 0) is 45.0 Å². The lowest BCUT2D eigenvalue weighted by Gasteiger charge is -2.16. The molecule has 0 unspecified atom stereocenters. The van der Waals surface area contributed by atoms with Gasteiger partial charge in [0.05, 0.1) is 17.8 Å². The van der Waals surface area contributed by atoms with Crippen molar-refractivity contribution in [2.45, 2.75) is 46.4 Å². The van der Waals surface area contributed by atoms with Crippen molar-refractivity contribution in [2.24, 2.45) is 0 Å². The molecule has 0 bridgehead atoms. The fourth-order valence-electron chi connectivity index (χ4n) is 3.51. The first-order valence-electron chi connectivity index (χ1n) is 11.1. The number of aromatic nitrogens is 2. The number of quaternary nitrogens is 1. The second kappa shape index (κ2) is 11.7. The van der Waals surface area contributed by atoms with Crippen molar-refractivity contribution in [3.05, 3.63) is 71.7 Å². The quantitative estimate of drug-likeness (QED) is 0.348. The van der Waals surface area contributed by atoms with Gasteiger partial charge in [0, 0.05) is 37.8 Å². The highest BCUT2D eigenvalue weighted by atomic mass is 19.1. The van der Waals surface area contributed by atoms with Crippen molar-refractivity contribution in [1.82, 2.24) is 9.78 Å². The molecule has 3 aromatic rings. The molecule has 6 heteroatoms. The number of halogens is 1. The van der Waals surface area contributed by atoms with E-state index in [0.717, 1.165) is 48.4 Å². The monoisotopic (exact) mass is 426 g/mol. The van der Waals surface area contributed by atoms with E-state index in [-0.39, 0.29) is 12.1 Å². The van der Waals surface area contributed by atoms with Gasteiger partial charge in [0.1, 0.15) is 18.1 Å². The van der Waals surface area contributed by atoms with Gasteiger partial charge in [0.25, 0.3) is 0 Å². The van der Waals surface area contributed by atoms with Crippen molar-refractivity contribution >= 4 is 0 Å². The zero-order valence-corrected chi connectivity index (χ0v) is 18.7. The summed E-state index contributed by atoms with van der Waals surface area (Å²) in [5.41, 5.74) is 5.26. The molecule has 1 aromatic heterocycles. The first-order chi connectivity index (χ1) is 15.1. The minimum Gasteiger partial charge on any atom is -0.353 e. The SMILES string of the molecule is CCOC(CCC[NH2+]Cc1cn(-c2ccc(F)cc2)nc1-c1ccc(C)cc1)OCC. The number of hydrogen-bond donors (Lipinski definition) is 1. The first-order valence-corrected chi connectivity index (χ1v) is 11.1. The Labute approximate surface area is 184 Å². The van der Waals surface area contributed by atoms with E-state index >= 15 is 0 Å². The van der Waals surface area contributed by atoms with E-state index in [9.17, 15) is 4.39 Å². The molecule has 0 aliphatic rings. The molecule has 0 radical (unpaired) electrons. The molecule has 3 rings (SSSR count). The third-order valence-corrected chi connectivity index (χ3v) is 5.12. The fraction of sp³-hybridized carbons (Fsp3) is 0.400. The molecule has 0 saturated carbocycles. The molecule has 0 aliphatic heterocycles. The molecular formula is C25H33FN3O2+. The summed E-state index contributed by atoms with van der Waals surface area (Å²) in [5, 5.41) is 7.11. The Morgan fingerprint density at radius 2 is 1.68 bits per heavy atom. The van der Waals surface area contributed by atoms with E-state index in [1.807, 2.05) is 24.7 Å². The molecule has 1 heterocycles. The molecule has 0 amide bonds. The molecule has 0 spiro atoms. The molecular weight excluding hydrogens is 393 g/mol. The maximum atomic E-state index is 13.3. The summed E-state index contributed by atoms with van der Waals surface area (Å²) in [5.74, 6) is -0.249. The Hall–Kier alpha value is -2.54. The van der Waals surface area contributed by atoms with Gasteiger partial charge in [-0.15, -0.1) is 0 Å². The van der Waals surface area contributed by atoms with Gasteiger partial charge < -0.3 is 14.8 Å². The second-order valence-electron chi connectivity index (χ2n) is 7.55. The van der Waals surface area contributed by atoms with Gasteiger partial charge in [-0.2, -0.15) is 5.10 Å². The minimum atomic E-state index is -0.249. The molecule has 5 nitrogen and oxygen atoms in total. The lowest BCUT2D eigenvalue weighted by atomic mass is 10.1. The standard InChI is InChI=1S/C25H32FN3O2/c1-4-30-24(31-5-2)7-6-16-27-17-21-18-29(23-14-12-22(26)13-15-23)28-25(21)20-10-8-19(3)9-11-20/h8-15,18,24,27H,4-7,16-17H2,1-3H3/p+1. The Bertz CT molecular complexity index is 917. The van der Waals surface area contributed by atoms with Crippen molar-refractivity contribution in [2.75, 3.05) is 19.8 Å². The van der Waals surface area contributed by atoms with Gasteiger partial charge in [0.15, 0.2) is 6.29 Å². The van der Waals surface area contributed by atoms with Crippen LogP contribution in [0.2, 0.25) is 0 Å². The van der Waals surface area contributed by atoms with Crippen molar-refractivity contribution in [3.63, 3.8) is 0 Å². The lowest BCUT2D eigenvalue weighted by molar-refractivity contribution is -0.671. The number of benzene rings is 2. The normalized spacial score (nSPS) is 11.4. The number of nitrogens with two attached hydrogens (primary N) is 1. The van der Waals surface area contributed by atoms with Crippen LogP contribution < -0.4 is 5.32 Å². The van der Waals surface area contributed by atoms with Crippen LogP contribution >= 0.6 is 0 Å². The molecule has 31 heavy (non-hydrogen) atoms. The molecule has 2 aromatic carbocycles. The van der Waals surface area contributed by atoms with Crippen LogP contribution in [0, 0.1) is 12.7 Å². The molecule has 166 valence electrons. The summed E-state index contributed by atoms with van der Waals surface area (Å²) < 4.78 is 26.4. The fourth-order valence-corrected chi connectivity index (χ4v) is 3.51. The van der Waals surface area contributed by atoms with Gasteiger partial charge in [-0.1, -0.05) is 29.8 Å². The highest BCUT2D eigenvalue weighted by Gasteiger charge is 2.14. The van der Waals surface area contributed by atoms with Crippen LogP contribution in [0.15, 0.2) is 54.7 Å². The van der Waals surface area contributed by atoms with Crippen LogP contribution in [0.1, 0.15) is 37.8 Å². The van der Waals surface area contributed by atoms with Gasteiger partial charge >= 0.3 is 0 Å². The second-order valence-corrected chi connectivity index (χ2v) is 7.55. The number of ether oxygens (including phenoxy) is 2. The highest BCUT2D eigenvalue weighted by Crippen LogP contribution is 2.24. The number of nitrogens with zero attached hydrogens (tertiary/aromatic N) is 2.